The number of alkyl halides is 2. The van der Waals surface area contributed by atoms with Gasteiger partial charge in [-0.3, -0.25) is 0 Å². The average molecular weight is 183 g/mol. The van der Waals surface area contributed by atoms with Crippen molar-refractivity contribution in [1.29, 1.82) is 0 Å². The number of nitrogens with one attached hydrogen (secondary N) is 1. The molecule has 0 rings (SSSR count). The number of hydrogen-bond donors (Lipinski definition) is 3. The molecule has 2 atom stereocenters. The Morgan fingerprint density at radius 2 is 1.83 bits per heavy atom. The Kier molecular flexibility index (Phi) is 6.14. The van der Waals surface area contributed by atoms with Crippen LogP contribution in [0.1, 0.15) is 13.3 Å². The van der Waals surface area contributed by atoms with Crippen LogP contribution in [-0.4, -0.2) is 41.9 Å². The number of aliphatic hydroxyl groups excluding tert-OH is 2. The highest BCUT2D eigenvalue weighted by molar-refractivity contribution is 4.63. The molecule has 5 heteroatoms. The summed E-state index contributed by atoms with van der Waals surface area (Å²) in [7, 11) is 0. The van der Waals surface area contributed by atoms with E-state index in [1.165, 1.54) is 0 Å². The molecule has 0 fully saturated rings. The average Bonchev–Trinajstić information content (AvgIpc) is 2.03. The van der Waals surface area contributed by atoms with Gasteiger partial charge in [-0.1, -0.05) is 6.92 Å². The van der Waals surface area contributed by atoms with Crippen LogP contribution in [0.15, 0.2) is 0 Å². The summed E-state index contributed by atoms with van der Waals surface area (Å²) >= 11 is 0. The van der Waals surface area contributed by atoms with E-state index in [1.54, 1.807) is 6.92 Å². The predicted octanol–water partition coefficient (Wildman–Crippen LogP) is -0.0271. The van der Waals surface area contributed by atoms with Crippen LogP contribution in [0, 0.1) is 0 Å². The Balaban J connectivity index is 3.30. The fraction of sp³-hybridized carbons (Fsp3) is 1.00. The molecule has 3 nitrogen and oxygen atoms in total. The summed E-state index contributed by atoms with van der Waals surface area (Å²) in [6, 6.07) is 0. The van der Waals surface area contributed by atoms with E-state index in [0.29, 0.717) is 6.42 Å². The molecule has 0 heterocycles. The van der Waals surface area contributed by atoms with Crippen molar-refractivity contribution >= 4 is 0 Å². The Bertz CT molecular complexity index is 114. The Morgan fingerprint density at radius 3 is 2.25 bits per heavy atom. The monoisotopic (exact) mass is 183 g/mol. The maximum Gasteiger partial charge on any atom is 0.265 e. The van der Waals surface area contributed by atoms with Crippen molar-refractivity contribution in [3.8, 4) is 0 Å². The zero-order chi connectivity index (χ0) is 9.56. The lowest BCUT2D eigenvalue weighted by molar-refractivity contribution is -0.00463. The third-order valence-electron chi connectivity index (χ3n) is 1.50. The number of aliphatic hydroxyl groups is 2. The SMILES string of the molecule is CCC(O)CNCC(O)C(F)F. The van der Waals surface area contributed by atoms with Crippen molar-refractivity contribution in [2.45, 2.75) is 32.0 Å². The molecule has 0 aromatic rings. The second-order valence-corrected chi connectivity index (χ2v) is 2.62. The van der Waals surface area contributed by atoms with Gasteiger partial charge in [-0.25, -0.2) is 8.78 Å². The van der Waals surface area contributed by atoms with Gasteiger partial charge in [-0.15, -0.1) is 0 Å². The molecule has 0 bridgehead atoms. The summed E-state index contributed by atoms with van der Waals surface area (Å²) in [6.07, 6.45) is -4.34. The number of hydrogen-bond acceptors (Lipinski definition) is 3. The van der Waals surface area contributed by atoms with Crippen LogP contribution in [-0.2, 0) is 0 Å². The van der Waals surface area contributed by atoms with Gasteiger partial charge in [0.2, 0.25) is 0 Å². The van der Waals surface area contributed by atoms with E-state index in [1.807, 2.05) is 0 Å². The van der Waals surface area contributed by atoms with Crippen LogP contribution < -0.4 is 5.32 Å². The quantitative estimate of drug-likeness (QED) is 0.542. The molecular weight excluding hydrogens is 168 g/mol. The van der Waals surface area contributed by atoms with Gasteiger partial charge in [0.05, 0.1) is 6.10 Å². The van der Waals surface area contributed by atoms with Crippen molar-refractivity contribution in [1.82, 2.24) is 5.32 Å². The van der Waals surface area contributed by atoms with Crippen molar-refractivity contribution < 1.29 is 19.0 Å². The zero-order valence-electron chi connectivity index (χ0n) is 7.00. The zero-order valence-corrected chi connectivity index (χ0v) is 7.00. The van der Waals surface area contributed by atoms with Crippen LogP contribution in [0.25, 0.3) is 0 Å². The molecule has 3 N–H and O–H groups in total. The summed E-state index contributed by atoms with van der Waals surface area (Å²) in [6.45, 7) is 1.84. The van der Waals surface area contributed by atoms with Gasteiger partial charge in [0.25, 0.3) is 6.43 Å². The molecule has 2 unspecified atom stereocenters. The first-order chi connectivity index (χ1) is 5.57. The molecule has 0 aliphatic heterocycles. The van der Waals surface area contributed by atoms with E-state index in [-0.39, 0.29) is 13.1 Å². The summed E-state index contributed by atoms with van der Waals surface area (Å²) < 4.78 is 23.4. The molecule has 0 aromatic carbocycles. The minimum absolute atomic E-state index is 0.186. The summed E-state index contributed by atoms with van der Waals surface area (Å²) in [5, 5.41) is 20.1. The van der Waals surface area contributed by atoms with E-state index in [2.05, 4.69) is 5.32 Å². The smallest absolute Gasteiger partial charge is 0.265 e. The number of halogens is 2. The minimum Gasteiger partial charge on any atom is -0.392 e. The lowest BCUT2D eigenvalue weighted by Crippen LogP contribution is -2.36. The van der Waals surface area contributed by atoms with Gasteiger partial charge in [0.1, 0.15) is 6.10 Å². The van der Waals surface area contributed by atoms with Crippen LogP contribution in [0.4, 0.5) is 8.78 Å². The Morgan fingerprint density at radius 1 is 1.25 bits per heavy atom. The second-order valence-electron chi connectivity index (χ2n) is 2.62. The third kappa shape index (κ3) is 5.40. The predicted molar refractivity (Wildman–Crippen MR) is 41.2 cm³/mol. The highest BCUT2D eigenvalue weighted by Crippen LogP contribution is 1.98. The standard InChI is InChI=1S/C7H15F2NO2/c1-2-5(11)3-10-4-6(12)7(8)9/h5-7,10-12H,2-4H2,1H3. The molecule has 0 aliphatic carbocycles. The lowest BCUT2D eigenvalue weighted by atomic mass is 10.2. The molecule has 0 saturated heterocycles. The first-order valence-electron chi connectivity index (χ1n) is 3.93. The maximum atomic E-state index is 11.7. The van der Waals surface area contributed by atoms with Crippen LogP contribution in [0.2, 0.25) is 0 Å². The molecule has 0 aromatic heterocycles. The molecule has 0 saturated carbocycles. The van der Waals surface area contributed by atoms with Gasteiger partial charge in [0.15, 0.2) is 0 Å². The molecule has 0 spiro atoms. The Labute approximate surface area is 70.4 Å². The largest absolute Gasteiger partial charge is 0.392 e. The summed E-state index contributed by atoms with van der Waals surface area (Å²) in [5.74, 6) is 0. The van der Waals surface area contributed by atoms with Crippen LogP contribution in [0.5, 0.6) is 0 Å². The second kappa shape index (κ2) is 6.28. The normalized spacial score (nSPS) is 16.5. The van der Waals surface area contributed by atoms with E-state index in [0.717, 1.165) is 0 Å². The first-order valence-corrected chi connectivity index (χ1v) is 3.93. The molecular formula is C7H15F2NO2. The van der Waals surface area contributed by atoms with Crippen molar-refractivity contribution in [2.75, 3.05) is 13.1 Å². The van der Waals surface area contributed by atoms with Crippen molar-refractivity contribution in [2.24, 2.45) is 0 Å². The summed E-state index contributed by atoms with van der Waals surface area (Å²) in [5.41, 5.74) is 0. The van der Waals surface area contributed by atoms with Gasteiger partial charge in [-0.05, 0) is 6.42 Å². The topological polar surface area (TPSA) is 52.5 Å². The Hall–Kier alpha value is -0.260. The molecule has 12 heavy (non-hydrogen) atoms. The van der Waals surface area contributed by atoms with Crippen molar-refractivity contribution in [3.05, 3.63) is 0 Å². The van der Waals surface area contributed by atoms with Gasteiger partial charge in [-0.2, -0.15) is 0 Å². The first kappa shape index (κ1) is 11.7. The fourth-order valence-electron chi connectivity index (χ4n) is 0.631. The van der Waals surface area contributed by atoms with Crippen LogP contribution >= 0.6 is 0 Å². The summed E-state index contributed by atoms with van der Waals surface area (Å²) in [4.78, 5) is 0. The van der Waals surface area contributed by atoms with Gasteiger partial charge in [0, 0.05) is 13.1 Å². The van der Waals surface area contributed by atoms with E-state index in [4.69, 9.17) is 10.2 Å². The number of rotatable bonds is 6. The maximum absolute atomic E-state index is 11.7. The van der Waals surface area contributed by atoms with E-state index >= 15 is 0 Å². The third-order valence-corrected chi connectivity index (χ3v) is 1.50. The van der Waals surface area contributed by atoms with Crippen molar-refractivity contribution in [3.63, 3.8) is 0 Å². The minimum atomic E-state index is -2.73. The van der Waals surface area contributed by atoms with E-state index in [9.17, 15) is 8.78 Å². The molecule has 0 amide bonds. The van der Waals surface area contributed by atoms with Gasteiger partial charge < -0.3 is 15.5 Å². The van der Waals surface area contributed by atoms with Gasteiger partial charge >= 0.3 is 0 Å². The molecule has 0 aliphatic rings. The van der Waals surface area contributed by atoms with E-state index < -0.39 is 18.6 Å². The lowest BCUT2D eigenvalue weighted by Gasteiger charge is -2.12. The molecule has 0 radical (unpaired) electrons. The molecule has 74 valence electrons. The van der Waals surface area contributed by atoms with Crippen LogP contribution in [0.3, 0.4) is 0 Å². The fourth-order valence-corrected chi connectivity index (χ4v) is 0.631. The highest BCUT2D eigenvalue weighted by atomic mass is 19.3. The highest BCUT2D eigenvalue weighted by Gasteiger charge is 2.15.